The van der Waals surface area contributed by atoms with E-state index in [-0.39, 0.29) is 37.6 Å². The number of ether oxygens (including phenoxy) is 1. The number of amides is 1. The average molecular weight is 363 g/mol. The lowest BCUT2D eigenvalue weighted by atomic mass is 9.99. The Labute approximate surface area is 151 Å². The molecule has 0 bridgehead atoms. The standard InChI is InChI=1S/C20H23F2NO3/c1-13-3-6-19(14(2)7-13)26-12-20(25)23-10-15(11-24)8-16-9-17(21)4-5-18(16)22/h3-7,9,15,24H,8,10-12H2,1-2H3,(H,23,25). The highest BCUT2D eigenvalue weighted by Gasteiger charge is 2.14. The third-order valence-electron chi connectivity index (χ3n) is 4.05. The summed E-state index contributed by atoms with van der Waals surface area (Å²) in [6.07, 6.45) is 0.123. The molecule has 0 aromatic heterocycles. The van der Waals surface area contributed by atoms with Crippen molar-refractivity contribution in [3.63, 3.8) is 0 Å². The fourth-order valence-electron chi connectivity index (χ4n) is 2.63. The molecule has 1 atom stereocenters. The molecule has 26 heavy (non-hydrogen) atoms. The van der Waals surface area contributed by atoms with Crippen molar-refractivity contribution in [2.24, 2.45) is 5.92 Å². The molecular weight excluding hydrogens is 340 g/mol. The number of carbonyl (C=O) groups excluding carboxylic acids is 1. The van der Waals surface area contributed by atoms with Crippen molar-refractivity contribution in [3.05, 3.63) is 64.7 Å². The Bertz CT molecular complexity index is 765. The monoisotopic (exact) mass is 363 g/mol. The van der Waals surface area contributed by atoms with Gasteiger partial charge in [0.1, 0.15) is 17.4 Å². The van der Waals surface area contributed by atoms with E-state index in [4.69, 9.17) is 4.74 Å². The number of halogens is 2. The second kappa shape index (κ2) is 9.29. The first-order valence-electron chi connectivity index (χ1n) is 8.40. The van der Waals surface area contributed by atoms with Crippen LogP contribution in [0.3, 0.4) is 0 Å². The van der Waals surface area contributed by atoms with Crippen LogP contribution in [0.5, 0.6) is 5.75 Å². The van der Waals surface area contributed by atoms with Gasteiger partial charge in [-0.05, 0) is 55.7 Å². The summed E-state index contributed by atoms with van der Waals surface area (Å²) in [4.78, 5) is 11.9. The molecule has 6 heteroatoms. The smallest absolute Gasteiger partial charge is 0.257 e. The number of benzene rings is 2. The van der Waals surface area contributed by atoms with E-state index < -0.39 is 17.6 Å². The Morgan fingerprint density at radius 1 is 1.19 bits per heavy atom. The largest absolute Gasteiger partial charge is 0.484 e. The summed E-state index contributed by atoms with van der Waals surface area (Å²) < 4.78 is 32.4. The normalized spacial score (nSPS) is 11.9. The van der Waals surface area contributed by atoms with E-state index in [1.165, 1.54) is 0 Å². The van der Waals surface area contributed by atoms with Crippen LogP contribution in [-0.4, -0.2) is 30.8 Å². The van der Waals surface area contributed by atoms with Crippen LogP contribution in [0.15, 0.2) is 36.4 Å². The predicted molar refractivity (Wildman–Crippen MR) is 95.1 cm³/mol. The van der Waals surface area contributed by atoms with Crippen LogP contribution in [-0.2, 0) is 11.2 Å². The van der Waals surface area contributed by atoms with Gasteiger partial charge in [-0.2, -0.15) is 0 Å². The van der Waals surface area contributed by atoms with E-state index in [0.29, 0.717) is 5.75 Å². The lowest BCUT2D eigenvalue weighted by Gasteiger charge is -2.16. The molecule has 0 radical (unpaired) electrons. The lowest BCUT2D eigenvalue weighted by molar-refractivity contribution is -0.123. The Hall–Kier alpha value is -2.47. The van der Waals surface area contributed by atoms with Gasteiger partial charge in [0.05, 0.1) is 0 Å². The molecule has 0 fully saturated rings. The molecule has 1 amide bonds. The molecule has 0 saturated heterocycles. The number of hydrogen-bond acceptors (Lipinski definition) is 3. The molecular formula is C20H23F2NO3. The molecule has 4 nitrogen and oxygen atoms in total. The molecule has 0 spiro atoms. The van der Waals surface area contributed by atoms with Crippen molar-refractivity contribution >= 4 is 5.91 Å². The maximum Gasteiger partial charge on any atom is 0.257 e. The number of aryl methyl sites for hydroxylation is 2. The maximum absolute atomic E-state index is 13.7. The zero-order valence-electron chi connectivity index (χ0n) is 14.9. The van der Waals surface area contributed by atoms with E-state index in [2.05, 4.69) is 5.32 Å². The maximum atomic E-state index is 13.7. The number of nitrogens with one attached hydrogen (secondary N) is 1. The summed E-state index contributed by atoms with van der Waals surface area (Å²) in [5.41, 5.74) is 2.21. The predicted octanol–water partition coefficient (Wildman–Crippen LogP) is 2.93. The second-order valence-corrected chi connectivity index (χ2v) is 6.35. The summed E-state index contributed by atoms with van der Waals surface area (Å²) in [6.45, 7) is 3.60. The van der Waals surface area contributed by atoms with Gasteiger partial charge < -0.3 is 15.2 Å². The van der Waals surface area contributed by atoms with Gasteiger partial charge in [0, 0.05) is 19.1 Å². The van der Waals surface area contributed by atoms with Gasteiger partial charge in [0.25, 0.3) is 5.91 Å². The molecule has 0 aliphatic heterocycles. The summed E-state index contributed by atoms with van der Waals surface area (Å²) in [6, 6.07) is 8.86. The van der Waals surface area contributed by atoms with Crippen LogP contribution in [0.2, 0.25) is 0 Å². The number of carbonyl (C=O) groups is 1. The highest BCUT2D eigenvalue weighted by atomic mass is 19.1. The Morgan fingerprint density at radius 3 is 2.65 bits per heavy atom. The van der Waals surface area contributed by atoms with Crippen LogP contribution in [0.25, 0.3) is 0 Å². The number of rotatable bonds is 8. The fraction of sp³-hybridized carbons (Fsp3) is 0.350. The SMILES string of the molecule is Cc1ccc(OCC(=O)NCC(CO)Cc2cc(F)ccc2F)c(C)c1. The highest BCUT2D eigenvalue weighted by molar-refractivity contribution is 5.77. The van der Waals surface area contributed by atoms with Gasteiger partial charge in [-0.3, -0.25) is 4.79 Å². The van der Waals surface area contributed by atoms with E-state index >= 15 is 0 Å². The molecule has 0 aliphatic carbocycles. The van der Waals surface area contributed by atoms with Crippen LogP contribution in [0, 0.1) is 31.4 Å². The minimum atomic E-state index is -0.538. The first-order chi connectivity index (χ1) is 12.4. The van der Waals surface area contributed by atoms with E-state index in [0.717, 1.165) is 29.3 Å². The van der Waals surface area contributed by atoms with Gasteiger partial charge in [0.2, 0.25) is 0 Å². The van der Waals surface area contributed by atoms with Gasteiger partial charge >= 0.3 is 0 Å². The number of hydrogen-bond donors (Lipinski definition) is 2. The van der Waals surface area contributed by atoms with Crippen molar-refractivity contribution in [2.75, 3.05) is 19.8 Å². The van der Waals surface area contributed by atoms with Crippen molar-refractivity contribution < 1.29 is 23.4 Å². The number of aliphatic hydroxyl groups excluding tert-OH is 1. The van der Waals surface area contributed by atoms with Crippen LogP contribution < -0.4 is 10.1 Å². The summed E-state index contributed by atoms with van der Waals surface area (Å²) in [5, 5.41) is 12.1. The van der Waals surface area contributed by atoms with E-state index in [1.54, 1.807) is 6.07 Å². The van der Waals surface area contributed by atoms with Gasteiger partial charge in [-0.15, -0.1) is 0 Å². The first-order valence-corrected chi connectivity index (χ1v) is 8.40. The van der Waals surface area contributed by atoms with E-state index in [9.17, 15) is 18.7 Å². The Morgan fingerprint density at radius 2 is 1.96 bits per heavy atom. The summed E-state index contributed by atoms with van der Waals surface area (Å²) in [7, 11) is 0. The molecule has 1 unspecified atom stereocenters. The average Bonchev–Trinajstić information content (AvgIpc) is 2.60. The molecule has 0 aliphatic rings. The highest BCUT2D eigenvalue weighted by Crippen LogP contribution is 2.18. The van der Waals surface area contributed by atoms with Gasteiger partial charge in [-0.1, -0.05) is 17.7 Å². The van der Waals surface area contributed by atoms with Crippen LogP contribution >= 0.6 is 0 Å². The van der Waals surface area contributed by atoms with Gasteiger partial charge in [0.15, 0.2) is 6.61 Å². The number of aliphatic hydroxyl groups is 1. The van der Waals surface area contributed by atoms with Crippen molar-refractivity contribution in [3.8, 4) is 5.75 Å². The van der Waals surface area contributed by atoms with Crippen LogP contribution in [0.4, 0.5) is 8.78 Å². The minimum absolute atomic E-state index is 0.123. The van der Waals surface area contributed by atoms with Crippen molar-refractivity contribution in [2.45, 2.75) is 20.3 Å². The third kappa shape index (κ3) is 5.81. The molecule has 2 N–H and O–H groups in total. The lowest BCUT2D eigenvalue weighted by Crippen LogP contribution is -2.35. The minimum Gasteiger partial charge on any atom is -0.484 e. The van der Waals surface area contributed by atoms with Crippen molar-refractivity contribution in [1.29, 1.82) is 0 Å². The quantitative estimate of drug-likeness (QED) is 0.758. The topological polar surface area (TPSA) is 58.6 Å². The van der Waals surface area contributed by atoms with E-state index in [1.807, 2.05) is 26.0 Å². The second-order valence-electron chi connectivity index (χ2n) is 6.35. The molecule has 0 heterocycles. The fourth-order valence-corrected chi connectivity index (χ4v) is 2.63. The zero-order chi connectivity index (χ0) is 19.1. The molecule has 140 valence electrons. The third-order valence-corrected chi connectivity index (χ3v) is 4.05. The first kappa shape index (κ1) is 19.8. The summed E-state index contributed by atoms with van der Waals surface area (Å²) in [5.74, 6) is -1.20. The molecule has 2 rings (SSSR count). The zero-order valence-corrected chi connectivity index (χ0v) is 14.9. The molecule has 2 aromatic carbocycles. The summed E-state index contributed by atoms with van der Waals surface area (Å²) >= 11 is 0. The Balaban J connectivity index is 1.83. The molecule has 2 aromatic rings. The Kier molecular flexibility index (Phi) is 7.09. The molecule has 0 saturated carbocycles. The van der Waals surface area contributed by atoms with Gasteiger partial charge in [-0.25, -0.2) is 8.78 Å². The van der Waals surface area contributed by atoms with Crippen LogP contribution in [0.1, 0.15) is 16.7 Å². The van der Waals surface area contributed by atoms with Crippen molar-refractivity contribution in [1.82, 2.24) is 5.32 Å².